The maximum Gasteiger partial charge on any atom is 0.315 e. The molecule has 2 unspecified atom stereocenters. The number of carbonyl (C=O) groups excluding carboxylic acids is 5. The Morgan fingerprint density at radius 2 is 1.63 bits per heavy atom. The van der Waals surface area contributed by atoms with Crippen molar-refractivity contribution in [3.8, 4) is 0 Å². The summed E-state index contributed by atoms with van der Waals surface area (Å²) in [7, 11) is 0. The molecule has 2 aliphatic carbocycles. The lowest BCUT2D eigenvalue weighted by molar-refractivity contribution is -0.144. The fourth-order valence-corrected chi connectivity index (χ4v) is 7.39. The van der Waals surface area contributed by atoms with E-state index in [1.54, 1.807) is 16.7 Å². The zero-order valence-corrected chi connectivity index (χ0v) is 26.5. The van der Waals surface area contributed by atoms with Crippen LogP contribution in [0.2, 0.25) is 0 Å². The maximum atomic E-state index is 14.2. The summed E-state index contributed by atoms with van der Waals surface area (Å²) in [6.07, 6.45) is 10.0. The second-order valence-electron chi connectivity index (χ2n) is 13.8. The van der Waals surface area contributed by atoms with Crippen molar-refractivity contribution >= 4 is 41.3 Å². The smallest absolute Gasteiger partial charge is 0.315 e. The number of likely N-dealkylation sites (tertiary alicyclic amines) is 1. The van der Waals surface area contributed by atoms with Crippen molar-refractivity contribution in [3.05, 3.63) is 0 Å². The summed E-state index contributed by atoms with van der Waals surface area (Å²) in [6, 6.07) is -3.05. The lowest BCUT2D eigenvalue weighted by atomic mass is 9.83. The van der Waals surface area contributed by atoms with Crippen LogP contribution in [0, 0.1) is 23.2 Å². The molecule has 4 atom stereocenters. The van der Waals surface area contributed by atoms with Gasteiger partial charge in [0, 0.05) is 12.3 Å². The number of nitrogens with two attached hydrogens (primary N) is 1. The molecule has 0 radical (unpaired) electrons. The van der Waals surface area contributed by atoms with Gasteiger partial charge in [0.05, 0.1) is 11.6 Å². The first kappa shape index (κ1) is 33.2. The molecular weight excluding hydrogens is 542 g/mol. The molecule has 3 aliphatic rings. The van der Waals surface area contributed by atoms with Crippen LogP contribution in [-0.4, -0.2) is 76.7 Å². The molecule has 0 aromatic heterocycles. The predicted molar refractivity (Wildman–Crippen MR) is 161 cm³/mol. The highest BCUT2D eigenvalue weighted by molar-refractivity contribution is 7.98. The highest BCUT2D eigenvalue weighted by Gasteiger charge is 2.48. The van der Waals surface area contributed by atoms with Crippen molar-refractivity contribution in [1.82, 2.24) is 20.9 Å². The number of carbonyl (C=O) groups is 5. The largest absolute Gasteiger partial charge is 0.363 e. The molecule has 3 rings (SSSR count). The second kappa shape index (κ2) is 13.8. The lowest BCUT2D eigenvalue weighted by Crippen LogP contribution is -2.63. The minimum Gasteiger partial charge on any atom is -0.363 e. The van der Waals surface area contributed by atoms with Crippen LogP contribution in [0.25, 0.3) is 0 Å². The van der Waals surface area contributed by atoms with Crippen LogP contribution in [0.1, 0.15) is 92.4 Å². The zero-order valence-electron chi connectivity index (χ0n) is 25.7. The van der Waals surface area contributed by atoms with Crippen molar-refractivity contribution in [2.45, 2.75) is 116 Å². The number of nitrogens with one attached hydrogen (secondary N) is 3. The van der Waals surface area contributed by atoms with Gasteiger partial charge >= 0.3 is 6.03 Å². The van der Waals surface area contributed by atoms with Crippen molar-refractivity contribution in [3.63, 3.8) is 0 Å². The average Bonchev–Trinajstić information content (AvgIpc) is 3.59. The van der Waals surface area contributed by atoms with Crippen molar-refractivity contribution in [2.24, 2.45) is 28.9 Å². The van der Waals surface area contributed by atoms with Crippen LogP contribution < -0.4 is 21.7 Å². The second-order valence-corrected chi connectivity index (χ2v) is 14.7. The summed E-state index contributed by atoms with van der Waals surface area (Å²) < 4.78 is 0. The molecule has 1 saturated heterocycles. The number of hydrogen-bond acceptors (Lipinski definition) is 6. The molecule has 0 aromatic carbocycles. The Balaban J connectivity index is 1.81. The summed E-state index contributed by atoms with van der Waals surface area (Å²) in [5.74, 6) is -1.61. The highest BCUT2D eigenvalue weighted by atomic mass is 32.2. The Hall–Kier alpha value is -2.30. The van der Waals surface area contributed by atoms with E-state index in [0.29, 0.717) is 19.4 Å². The van der Waals surface area contributed by atoms with Gasteiger partial charge in [-0.25, -0.2) is 4.79 Å². The van der Waals surface area contributed by atoms with E-state index in [1.807, 2.05) is 40.9 Å². The average molecular weight is 594 g/mol. The summed E-state index contributed by atoms with van der Waals surface area (Å²) in [4.78, 5) is 67.2. The molecule has 0 aromatic rings. The van der Waals surface area contributed by atoms with Gasteiger partial charge in [-0.2, -0.15) is 11.8 Å². The van der Waals surface area contributed by atoms with Crippen LogP contribution >= 0.6 is 11.8 Å². The third kappa shape index (κ3) is 8.61. The SMILES string of the molecule is CSCC1(NC(=O)N[C@H](C(=O)N2CCC(C(C)C)[C@H]2C(=O)NC(CC2CC2)C(=O)C(N)=O)C(C)(C)C)CCCCC1. The molecule has 41 heavy (non-hydrogen) atoms. The third-order valence-corrected chi connectivity index (χ3v) is 9.83. The molecule has 0 bridgehead atoms. The summed E-state index contributed by atoms with van der Waals surface area (Å²) >= 11 is 1.71. The molecule has 232 valence electrons. The molecule has 11 heteroatoms. The van der Waals surface area contributed by atoms with Crippen molar-refractivity contribution in [2.75, 3.05) is 18.6 Å². The fourth-order valence-electron chi connectivity index (χ4n) is 6.48. The Labute approximate surface area is 249 Å². The first-order chi connectivity index (χ1) is 19.2. The van der Waals surface area contributed by atoms with Gasteiger partial charge in [0.2, 0.25) is 17.6 Å². The summed E-state index contributed by atoms with van der Waals surface area (Å²) in [6.45, 7) is 10.1. The van der Waals surface area contributed by atoms with Crippen molar-refractivity contribution in [1.29, 1.82) is 0 Å². The zero-order chi connectivity index (χ0) is 30.5. The molecular formula is C30H51N5O5S. The molecule has 5 amide bonds. The number of amides is 5. The first-order valence-corrected chi connectivity index (χ1v) is 16.6. The van der Waals surface area contributed by atoms with Crippen LogP contribution in [0.15, 0.2) is 0 Å². The predicted octanol–water partition coefficient (Wildman–Crippen LogP) is 2.98. The van der Waals surface area contributed by atoms with E-state index in [2.05, 4.69) is 16.0 Å². The van der Waals surface area contributed by atoms with E-state index in [0.717, 1.165) is 50.7 Å². The van der Waals surface area contributed by atoms with Crippen molar-refractivity contribution < 1.29 is 24.0 Å². The number of thioether (sulfide) groups is 1. The normalized spacial score (nSPS) is 23.9. The molecule has 2 saturated carbocycles. The standard InChI is InChI=1S/C30H51N5O5S/c1-18(2)20-12-15-35(22(20)26(38)32-21(16-19-10-11-19)23(36)25(31)37)27(39)24(29(3,4)5)33-28(40)34-30(17-41-6)13-8-7-9-14-30/h18-22,24H,7-17H2,1-6H3,(H2,31,37)(H,32,38)(H2,33,34,40)/t20?,21?,22-,24+/m0/s1. The quantitative estimate of drug-likeness (QED) is 0.256. The van der Waals surface area contributed by atoms with Gasteiger partial charge in [-0.1, -0.05) is 66.7 Å². The third-order valence-electron chi connectivity index (χ3n) is 8.99. The molecule has 1 heterocycles. The summed E-state index contributed by atoms with van der Waals surface area (Å²) in [5.41, 5.74) is 4.37. The highest BCUT2D eigenvalue weighted by Crippen LogP contribution is 2.36. The van der Waals surface area contributed by atoms with Crippen LogP contribution in [0.5, 0.6) is 0 Å². The van der Waals surface area contributed by atoms with Gasteiger partial charge in [0.25, 0.3) is 5.91 Å². The minimum atomic E-state index is -1.07. The molecule has 5 N–H and O–H groups in total. The Bertz CT molecular complexity index is 981. The van der Waals surface area contributed by atoms with Crippen LogP contribution in [-0.2, 0) is 19.2 Å². The lowest BCUT2D eigenvalue weighted by Gasteiger charge is -2.40. The van der Waals surface area contributed by atoms with E-state index in [4.69, 9.17) is 5.73 Å². The van der Waals surface area contributed by atoms with Gasteiger partial charge in [0.1, 0.15) is 12.1 Å². The number of ketones is 1. The van der Waals surface area contributed by atoms with E-state index >= 15 is 0 Å². The number of urea groups is 1. The van der Waals surface area contributed by atoms with Gasteiger partial charge in [-0.05, 0) is 55.1 Å². The maximum absolute atomic E-state index is 14.2. The fraction of sp³-hybridized carbons (Fsp3) is 0.833. The van der Waals surface area contributed by atoms with Crippen LogP contribution in [0.4, 0.5) is 4.79 Å². The Morgan fingerprint density at radius 3 is 2.15 bits per heavy atom. The van der Waals surface area contributed by atoms with E-state index in [9.17, 15) is 24.0 Å². The van der Waals surface area contributed by atoms with Gasteiger partial charge in [0.15, 0.2) is 0 Å². The molecule has 1 aliphatic heterocycles. The van der Waals surface area contributed by atoms with Gasteiger partial charge in [-0.15, -0.1) is 0 Å². The van der Waals surface area contributed by atoms with Gasteiger partial charge in [-0.3, -0.25) is 19.2 Å². The first-order valence-electron chi connectivity index (χ1n) is 15.2. The minimum absolute atomic E-state index is 0.0966. The van der Waals surface area contributed by atoms with Gasteiger partial charge < -0.3 is 26.6 Å². The number of nitrogens with zero attached hydrogens (tertiary/aromatic N) is 1. The van der Waals surface area contributed by atoms with E-state index in [-0.39, 0.29) is 35.2 Å². The number of hydrogen-bond donors (Lipinski definition) is 4. The number of rotatable bonds is 12. The van der Waals surface area contributed by atoms with Crippen LogP contribution in [0.3, 0.4) is 0 Å². The molecule has 0 spiro atoms. The summed E-state index contributed by atoms with van der Waals surface area (Å²) in [5, 5.41) is 8.98. The number of Topliss-reactive ketones (excluding diaryl/α,β-unsaturated/α-hetero) is 1. The number of primary amides is 1. The molecule has 10 nitrogen and oxygen atoms in total. The van der Waals surface area contributed by atoms with E-state index in [1.165, 1.54) is 0 Å². The molecule has 3 fully saturated rings. The topological polar surface area (TPSA) is 151 Å². The van der Waals surface area contributed by atoms with E-state index < -0.39 is 41.1 Å². The Kier molecular flexibility index (Phi) is 11.2. The monoisotopic (exact) mass is 593 g/mol. The Morgan fingerprint density at radius 1 is 1.00 bits per heavy atom.